The molecule has 4 heteroatoms. The van der Waals surface area contributed by atoms with Crippen LogP contribution >= 0.6 is 0 Å². The van der Waals surface area contributed by atoms with Crippen LogP contribution in [0, 0.1) is 5.92 Å². The molecule has 1 aromatic carbocycles. The molecule has 1 fully saturated rings. The van der Waals surface area contributed by atoms with Crippen LogP contribution in [-0.4, -0.2) is 29.9 Å². The van der Waals surface area contributed by atoms with Crippen LogP contribution in [0.5, 0.6) is 0 Å². The Morgan fingerprint density at radius 2 is 2.25 bits per heavy atom. The topological polar surface area (TPSA) is 58.4 Å². The van der Waals surface area contributed by atoms with E-state index in [-0.39, 0.29) is 5.91 Å². The number of carbonyl (C=O) groups is 1. The van der Waals surface area contributed by atoms with Crippen molar-refractivity contribution in [3.63, 3.8) is 0 Å². The Morgan fingerprint density at radius 3 is 2.90 bits per heavy atom. The number of rotatable bonds is 5. The zero-order valence-corrected chi connectivity index (χ0v) is 12.4. The minimum absolute atomic E-state index is 0.0749. The third-order valence-electron chi connectivity index (χ3n) is 3.99. The molecule has 1 aliphatic heterocycles. The Labute approximate surface area is 121 Å². The molecular formula is C16H25N3O. The van der Waals surface area contributed by atoms with Crippen molar-refractivity contribution in [3.8, 4) is 0 Å². The smallest absolute Gasteiger partial charge is 0.225 e. The first-order valence-corrected chi connectivity index (χ1v) is 7.41. The second kappa shape index (κ2) is 6.86. The summed E-state index contributed by atoms with van der Waals surface area (Å²) in [5.74, 6) is 0.820. The lowest BCUT2D eigenvalue weighted by atomic mass is 10.1. The first-order valence-electron chi connectivity index (χ1n) is 7.41. The maximum atomic E-state index is 12.0. The molecule has 0 aliphatic carbocycles. The van der Waals surface area contributed by atoms with E-state index in [9.17, 15) is 4.79 Å². The van der Waals surface area contributed by atoms with Gasteiger partial charge in [0.1, 0.15) is 0 Å². The highest BCUT2D eigenvalue weighted by molar-refractivity contribution is 5.90. The molecule has 2 unspecified atom stereocenters. The lowest BCUT2D eigenvalue weighted by Crippen LogP contribution is -2.30. The Kier molecular flexibility index (Phi) is 5.15. The van der Waals surface area contributed by atoms with E-state index in [0.29, 0.717) is 19.0 Å². The van der Waals surface area contributed by atoms with Crippen LogP contribution < -0.4 is 11.1 Å². The van der Waals surface area contributed by atoms with Crippen molar-refractivity contribution >= 4 is 11.6 Å². The van der Waals surface area contributed by atoms with Gasteiger partial charge in [-0.25, -0.2) is 0 Å². The number of anilines is 1. The van der Waals surface area contributed by atoms with Gasteiger partial charge in [0.15, 0.2) is 0 Å². The molecule has 1 heterocycles. The lowest BCUT2D eigenvalue weighted by Gasteiger charge is -2.20. The summed E-state index contributed by atoms with van der Waals surface area (Å²) >= 11 is 0. The Morgan fingerprint density at radius 1 is 1.45 bits per heavy atom. The van der Waals surface area contributed by atoms with Crippen molar-refractivity contribution in [3.05, 3.63) is 29.8 Å². The molecule has 110 valence electrons. The number of nitrogens with two attached hydrogens (primary N) is 1. The Balaban J connectivity index is 1.80. The molecule has 2 atom stereocenters. The van der Waals surface area contributed by atoms with Gasteiger partial charge in [-0.05, 0) is 37.0 Å². The van der Waals surface area contributed by atoms with Crippen LogP contribution in [0.25, 0.3) is 0 Å². The molecule has 0 saturated carbocycles. The van der Waals surface area contributed by atoms with E-state index in [4.69, 9.17) is 5.73 Å². The highest BCUT2D eigenvalue weighted by Gasteiger charge is 2.25. The summed E-state index contributed by atoms with van der Waals surface area (Å²) in [5, 5.41) is 2.95. The average Bonchev–Trinajstić information content (AvgIpc) is 2.75. The summed E-state index contributed by atoms with van der Waals surface area (Å²) in [6, 6.07) is 8.31. The summed E-state index contributed by atoms with van der Waals surface area (Å²) in [7, 11) is 0. The van der Waals surface area contributed by atoms with E-state index in [1.165, 1.54) is 6.42 Å². The summed E-state index contributed by atoms with van der Waals surface area (Å²) in [5.41, 5.74) is 7.47. The molecule has 1 saturated heterocycles. The summed E-state index contributed by atoms with van der Waals surface area (Å²) in [6.45, 7) is 6.96. The number of carbonyl (C=O) groups excluding carboxylic acids is 1. The molecular weight excluding hydrogens is 250 g/mol. The second-order valence-electron chi connectivity index (χ2n) is 5.89. The van der Waals surface area contributed by atoms with Gasteiger partial charge in [-0.15, -0.1) is 0 Å². The Bertz CT molecular complexity index is 461. The van der Waals surface area contributed by atoms with Crippen molar-refractivity contribution in [2.75, 3.05) is 18.4 Å². The van der Waals surface area contributed by atoms with Crippen molar-refractivity contribution < 1.29 is 4.79 Å². The predicted molar refractivity (Wildman–Crippen MR) is 82.4 cm³/mol. The number of benzene rings is 1. The molecule has 1 aliphatic rings. The van der Waals surface area contributed by atoms with Gasteiger partial charge < -0.3 is 11.1 Å². The SMILES string of the molecule is CC1CC(C)N(CCC(=O)Nc2cccc(CN)c2)C1. The lowest BCUT2D eigenvalue weighted by molar-refractivity contribution is -0.116. The molecule has 0 bridgehead atoms. The third-order valence-corrected chi connectivity index (χ3v) is 3.99. The fraction of sp³-hybridized carbons (Fsp3) is 0.562. The average molecular weight is 275 g/mol. The van der Waals surface area contributed by atoms with E-state index in [0.717, 1.165) is 30.3 Å². The summed E-state index contributed by atoms with van der Waals surface area (Å²) < 4.78 is 0. The maximum Gasteiger partial charge on any atom is 0.225 e. The number of amides is 1. The van der Waals surface area contributed by atoms with Crippen LogP contribution in [0.1, 0.15) is 32.3 Å². The summed E-state index contributed by atoms with van der Waals surface area (Å²) in [4.78, 5) is 14.4. The van der Waals surface area contributed by atoms with Crippen molar-refractivity contribution in [1.29, 1.82) is 0 Å². The number of nitrogens with one attached hydrogen (secondary N) is 1. The molecule has 0 spiro atoms. The first-order chi connectivity index (χ1) is 9.58. The molecule has 4 nitrogen and oxygen atoms in total. The molecule has 1 aromatic rings. The standard InChI is InChI=1S/C16H25N3O/c1-12-8-13(2)19(11-12)7-6-16(20)18-15-5-3-4-14(9-15)10-17/h3-5,9,12-13H,6-8,10-11,17H2,1-2H3,(H,18,20). The number of hydrogen-bond acceptors (Lipinski definition) is 3. The van der Waals surface area contributed by atoms with Crippen molar-refractivity contribution in [1.82, 2.24) is 4.90 Å². The Hall–Kier alpha value is -1.39. The van der Waals surface area contributed by atoms with Crippen LogP contribution in [0.15, 0.2) is 24.3 Å². The van der Waals surface area contributed by atoms with Crippen LogP contribution in [-0.2, 0) is 11.3 Å². The molecule has 1 amide bonds. The van der Waals surface area contributed by atoms with Gasteiger partial charge in [0, 0.05) is 37.8 Å². The third kappa shape index (κ3) is 4.05. The van der Waals surface area contributed by atoms with Crippen LogP contribution in [0.4, 0.5) is 5.69 Å². The van der Waals surface area contributed by atoms with Crippen molar-refractivity contribution in [2.45, 2.75) is 39.3 Å². The predicted octanol–water partition coefficient (Wildman–Crippen LogP) is 2.20. The van der Waals surface area contributed by atoms with Crippen LogP contribution in [0.2, 0.25) is 0 Å². The normalized spacial score (nSPS) is 22.9. The molecule has 2 rings (SSSR count). The fourth-order valence-corrected chi connectivity index (χ4v) is 2.94. The zero-order valence-electron chi connectivity index (χ0n) is 12.4. The number of nitrogens with zero attached hydrogens (tertiary/aromatic N) is 1. The molecule has 0 aromatic heterocycles. The van der Waals surface area contributed by atoms with Gasteiger partial charge in [0.05, 0.1) is 0 Å². The highest BCUT2D eigenvalue weighted by atomic mass is 16.1. The van der Waals surface area contributed by atoms with Gasteiger partial charge in [0.25, 0.3) is 0 Å². The van der Waals surface area contributed by atoms with Gasteiger partial charge in [-0.3, -0.25) is 9.69 Å². The zero-order chi connectivity index (χ0) is 14.5. The number of likely N-dealkylation sites (tertiary alicyclic amines) is 1. The van der Waals surface area contributed by atoms with Gasteiger partial charge in [0.2, 0.25) is 5.91 Å². The summed E-state index contributed by atoms with van der Waals surface area (Å²) in [6.07, 6.45) is 1.78. The molecule has 20 heavy (non-hydrogen) atoms. The second-order valence-corrected chi connectivity index (χ2v) is 5.89. The maximum absolute atomic E-state index is 12.0. The molecule has 0 radical (unpaired) electrons. The van der Waals surface area contributed by atoms with E-state index in [2.05, 4.69) is 24.1 Å². The van der Waals surface area contributed by atoms with E-state index in [1.54, 1.807) is 0 Å². The van der Waals surface area contributed by atoms with Crippen LogP contribution in [0.3, 0.4) is 0 Å². The largest absolute Gasteiger partial charge is 0.326 e. The van der Waals surface area contributed by atoms with Gasteiger partial charge in [-0.2, -0.15) is 0 Å². The molecule has 3 N–H and O–H groups in total. The monoisotopic (exact) mass is 275 g/mol. The first kappa shape index (κ1) is 15.0. The quantitative estimate of drug-likeness (QED) is 0.866. The van der Waals surface area contributed by atoms with E-state index in [1.807, 2.05) is 24.3 Å². The van der Waals surface area contributed by atoms with Crippen molar-refractivity contribution in [2.24, 2.45) is 11.7 Å². The van der Waals surface area contributed by atoms with Gasteiger partial charge in [-0.1, -0.05) is 19.1 Å². The van der Waals surface area contributed by atoms with Gasteiger partial charge >= 0.3 is 0 Å². The minimum Gasteiger partial charge on any atom is -0.326 e. The minimum atomic E-state index is 0.0749. The number of hydrogen-bond donors (Lipinski definition) is 2. The van der Waals surface area contributed by atoms with E-state index < -0.39 is 0 Å². The highest BCUT2D eigenvalue weighted by Crippen LogP contribution is 2.22. The fourth-order valence-electron chi connectivity index (χ4n) is 2.94. The van der Waals surface area contributed by atoms with E-state index >= 15 is 0 Å².